The first-order valence-corrected chi connectivity index (χ1v) is 12.3. The number of aliphatic imine (C=N–C) groups is 2. The highest BCUT2D eigenvalue weighted by Crippen LogP contribution is 2.32. The van der Waals surface area contributed by atoms with E-state index < -0.39 is 0 Å². The van der Waals surface area contributed by atoms with Crippen molar-refractivity contribution in [2.75, 3.05) is 7.05 Å². The van der Waals surface area contributed by atoms with Crippen molar-refractivity contribution in [3.05, 3.63) is 119 Å². The van der Waals surface area contributed by atoms with Gasteiger partial charge in [0.1, 0.15) is 17.0 Å². The normalized spacial score (nSPS) is 13.7. The minimum absolute atomic E-state index is 0.0894. The molecule has 4 nitrogen and oxygen atoms in total. The molecule has 0 saturated heterocycles. The smallest absolute Gasteiger partial charge is 0.158 e. The molecule has 0 saturated carbocycles. The number of allylic oxidation sites excluding steroid dienone is 5. The third kappa shape index (κ3) is 5.23. The van der Waals surface area contributed by atoms with Crippen LogP contribution >= 0.6 is 0 Å². The number of rotatable bonds is 6. The van der Waals surface area contributed by atoms with Crippen molar-refractivity contribution in [3.63, 3.8) is 0 Å². The van der Waals surface area contributed by atoms with Crippen LogP contribution in [0.15, 0.2) is 123 Å². The van der Waals surface area contributed by atoms with E-state index in [1.54, 1.807) is 0 Å². The van der Waals surface area contributed by atoms with E-state index in [4.69, 9.17) is 14.4 Å². The molecule has 4 heteroatoms. The quantitative estimate of drug-likeness (QED) is 0.175. The molecule has 4 rings (SSSR count). The minimum Gasteiger partial charge on any atom is -0.456 e. The van der Waals surface area contributed by atoms with Crippen LogP contribution in [0.2, 0.25) is 0 Å². The van der Waals surface area contributed by atoms with Crippen LogP contribution in [0.4, 0.5) is 0 Å². The maximum absolute atomic E-state index is 6.17. The van der Waals surface area contributed by atoms with Gasteiger partial charge >= 0.3 is 0 Å². The molecule has 182 valence electrons. The van der Waals surface area contributed by atoms with E-state index in [1.165, 1.54) is 5.57 Å². The zero-order valence-electron chi connectivity index (χ0n) is 21.6. The predicted octanol–water partition coefficient (Wildman–Crippen LogP) is 7.86. The van der Waals surface area contributed by atoms with Gasteiger partial charge in [-0.2, -0.15) is 0 Å². The number of fused-ring (bicyclic) bond motifs is 3. The SMILES string of the molecule is C/C=C\C(/C=C\C)=C(C)[C@@H](C)/N=C(\N=C(/NC)c1ccccc1)c1cccc2oc3ccccc3c12. The summed E-state index contributed by atoms with van der Waals surface area (Å²) in [5.74, 6) is 1.42. The zero-order valence-corrected chi connectivity index (χ0v) is 21.6. The van der Waals surface area contributed by atoms with E-state index in [9.17, 15) is 0 Å². The molecular formula is C32H33N3O. The third-order valence-corrected chi connectivity index (χ3v) is 6.24. The zero-order chi connectivity index (χ0) is 25.5. The van der Waals surface area contributed by atoms with Crippen molar-refractivity contribution in [1.29, 1.82) is 0 Å². The average Bonchev–Trinajstić information content (AvgIpc) is 3.30. The Morgan fingerprint density at radius 2 is 1.53 bits per heavy atom. The highest BCUT2D eigenvalue weighted by Gasteiger charge is 2.17. The second-order valence-electron chi connectivity index (χ2n) is 8.62. The summed E-state index contributed by atoms with van der Waals surface area (Å²) in [6, 6.07) is 24.2. The maximum Gasteiger partial charge on any atom is 0.158 e. The van der Waals surface area contributed by atoms with Crippen LogP contribution in [-0.2, 0) is 0 Å². The van der Waals surface area contributed by atoms with Gasteiger partial charge in [0.25, 0.3) is 0 Å². The lowest BCUT2D eigenvalue weighted by Crippen LogP contribution is -2.22. The summed E-state index contributed by atoms with van der Waals surface area (Å²) in [7, 11) is 1.89. The van der Waals surface area contributed by atoms with Gasteiger partial charge in [-0.15, -0.1) is 0 Å². The van der Waals surface area contributed by atoms with Gasteiger partial charge in [-0.3, -0.25) is 4.99 Å². The number of nitrogens with zero attached hydrogens (tertiary/aromatic N) is 2. The molecule has 36 heavy (non-hydrogen) atoms. The molecule has 4 aromatic rings. The molecule has 0 spiro atoms. The molecule has 0 unspecified atom stereocenters. The summed E-state index contributed by atoms with van der Waals surface area (Å²) in [5.41, 5.74) is 5.95. The fourth-order valence-corrected chi connectivity index (χ4v) is 4.29. The molecule has 0 aliphatic heterocycles. The first-order chi connectivity index (χ1) is 17.6. The van der Waals surface area contributed by atoms with E-state index in [0.717, 1.165) is 44.5 Å². The summed E-state index contributed by atoms with van der Waals surface area (Å²) in [6.07, 6.45) is 8.36. The van der Waals surface area contributed by atoms with Crippen molar-refractivity contribution < 1.29 is 4.42 Å². The summed E-state index contributed by atoms with van der Waals surface area (Å²) in [6.45, 7) is 8.32. The first kappa shape index (κ1) is 24.9. The van der Waals surface area contributed by atoms with Gasteiger partial charge in [-0.25, -0.2) is 4.99 Å². The standard InChI is InChI=1S/C32H33N3O/c1-6-14-24(15-7-2)22(3)23(4)34-32(35-31(33-5)25-16-9-8-10-17-25)27-19-13-21-29-30(27)26-18-11-12-20-28(26)36-29/h6-21,23H,1-5H3,(H,33,34,35)/b14-6-,15-7-/t23-/m1/s1. The lowest BCUT2D eigenvalue weighted by atomic mass is 10.0. The van der Waals surface area contributed by atoms with Gasteiger partial charge in [-0.1, -0.05) is 85.0 Å². The van der Waals surface area contributed by atoms with Crippen molar-refractivity contribution in [1.82, 2.24) is 5.32 Å². The van der Waals surface area contributed by atoms with E-state index >= 15 is 0 Å². The first-order valence-electron chi connectivity index (χ1n) is 12.3. The number of nitrogens with one attached hydrogen (secondary N) is 1. The number of para-hydroxylation sites is 1. The average molecular weight is 476 g/mol. The van der Waals surface area contributed by atoms with E-state index in [1.807, 2.05) is 81.6 Å². The van der Waals surface area contributed by atoms with Crippen molar-refractivity contribution in [3.8, 4) is 0 Å². The third-order valence-electron chi connectivity index (χ3n) is 6.24. The largest absolute Gasteiger partial charge is 0.456 e. The Labute approximate surface area is 213 Å². The molecule has 1 aromatic heterocycles. The Balaban J connectivity index is 1.98. The van der Waals surface area contributed by atoms with E-state index in [2.05, 4.69) is 55.6 Å². The molecule has 0 radical (unpaired) electrons. The van der Waals surface area contributed by atoms with Crippen molar-refractivity contribution in [2.24, 2.45) is 9.98 Å². The van der Waals surface area contributed by atoms with Crippen LogP contribution in [0.5, 0.6) is 0 Å². The lowest BCUT2D eigenvalue weighted by molar-refractivity contribution is 0.669. The van der Waals surface area contributed by atoms with E-state index in [0.29, 0.717) is 5.84 Å². The van der Waals surface area contributed by atoms with Crippen LogP contribution in [0.3, 0.4) is 0 Å². The van der Waals surface area contributed by atoms with Gasteiger partial charge in [0.2, 0.25) is 0 Å². The van der Waals surface area contributed by atoms with Crippen LogP contribution in [0.25, 0.3) is 21.9 Å². The van der Waals surface area contributed by atoms with Crippen LogP contribution in [0, 0.1) is 0 Å². The van der Waals surface area contributed by atoms with Gasteiger partial charge in [0, 0.05) is 28.9 Å². The summed E-state index contributed by atoms with van der Waals surface area (Å²) in [4.78, 5) is 10.3. The maximum atomic E-state index is 6.17. The minimum atomic E-state index is -0.0894. The summed E-state index contributed by atoms with van der Waals surface area (Å²) in [5, 5.41) is 5.35. The fourth-order valence-electron chi connectivity index (χ4n) is 4.29. The Kier molecular flexibility index (Phi) is 7.96. The molecule has 3 aromatic carbocycles. The Morgan fingerprint density at radius 1 is 0.861 bits per heavy atom. The molecule has 1 atom stereocenters. The molecule has 1 N–H and O–H groups in total. The highest BCUT2D eigenvalue weighted by molar-refractivity contribution is 6.21. The van der Waals surface area contributed by atoms with Gasteiger partial charge < -0.3 is 9.73 Å². The summed E-state index contributed by atoms with van der Waals surface area (Å²) < 4.78 is 6.17. The molecule has 0 aliphatic carbocycles. The van der Waals surface area contributed by atoms with Crippen LogP contribution in [0.1, 0.15) is 38.8 Å². The monoisotopic (exact) mass is 475 g/mol. The Morgan fingerprint density at radius 3 is 2.22 bits per heavy atom. The number of amidine groups is 2. The molecule has 0 fully saturated rings. The van der Waals surface area contributed by atoms with Crippen molar-refractivity contribution >= 4 is 33.6 Å². The Bertz CT molecular complexity index is 1490. The van der Waals surface area contributed by atoms with Gasteiger partial charge in [0.15, 0.2) is 5.84 Å². The molecule has 0 aliphatic rings. The number of furan rings is 1. The van der Waals surface area contributed by atoms with Crippen LogP contribution < -0.4 is 5.32 Å². The van der Waals surface area contributed by atoms with E-state index in [-0.39, 0.29) is 6.04 Å². The van der Waals surface area contributed by atoms with Gasteiger partial charge in [-0.05, 0) is 51.0 Å². The van der Waals surface area contributed by atoms with Crippen molar-refractivity contribution in [2.45, 2.75) is 33.7 Å². The topological polar surface area (TPSA) is 49.9 Å². The predicted molar refractivity (Wildman–Crippen MR) is 154 cm³/mol. The molecule has 0 amide bonds. The fraction of sp³-hybridized carbons (Fsp3) is 0.188. The second-order valence-corrected chi connectivity index (χ2v) is 8.62. The van der Waals surface area contributed by atoms with Crippen LogP contribution in [-0.4, -0.2) is 24.8 Å². The number of hydrogen-bond donors (Lipinski definition) is 1. The molecule has 1 heterocycles. The molecular weight excluding hydrogens is 442 g/mol. The highest BCUT2D eigenvalue weighted by atomic mass is 16.3. The molecule has 0 bridgehead atoms. The Hall–Kier alpha value is -4.18. The number of hydrogen-bond acceptors (Lipinski definition) is 2. The number of benzene rings is 3. The van der Waals surface area contributed by atoms with Gasteiger partial charge in [0.05, 0.1) is 6.04 Å². The second kappa shape index (κ2) is 11.5. The lowest BCUT2D eigenvalue weighted by Gasteiger charge is -2.14. The summed E-state index contributed by atoms with van der Waals surface area (Å²) >= 11 is 0.